The molecule has 1 aromatic heterocycles. The van der Waals surface area contributed by atoms with E-state index in [2.05, 4.69) is 30.7 Å². The van der Waals surface area contributed by atoms with Crippen LogP contribution in [-0.4, -0.2) is 53.8 Å². The van der Waals surface area contributed by atoms with Crippen LogP contribution in [0, 0.1) is 0 Å². The van der Waals surface area contributed by atoms with E-state index < -0.39 is 5.91 Å². The number of piperidine rings is 1. The van der Waals surface area contributed by atoms with Crippen LogP contribution in [-0.2, 0) is 9.59 Å². The first kappa shape index (κ1) is 26.4. The van der Waals surface area contributed by atoms with Gasteiger partial charge in [0.15, 0.2) is 11.6 Å². The van der Waals surface area contributed by atoms with Gasteiger partial charge in [-0.05, 0) is 62.3 Å². The monoisotopic (exact) mass is 515 g/mol. The number of likely N-dealkylation sites (tertiary alicyclic amines) is 1. The minimum absolute atomic E-state index is 0.0412. The quantitative estimate of drug-likeness (QED) is 0.222. The molecule has 0 radical (unpaired) electrons. The lowest BCUT2D eigenvalue weighted by molar-refractivity contribution is -0.135. The van der Waals surface area contributed by atoms with E-state index in [1.54, 1.807) is 60.7 Å². The summed E-state index contributed by atoms with van der Waals surface area (Å²) in [6, 6.07) is 18.5. The minimum atomic E-state index is -0.462. The van der Waals surface area contributed by atoms with E-state index in [-0.39, 0.29) is 42.3 Å². The number of nitrogens with zero attached hydrogens (tertiary/aromatic N) is 4. The lowest BCUT2D eigenvalue weighted by atomic mass is 10.1. The molecule has 3 aromatic rings. The molecule has 11 heteroatoms. The summed E-state index contributed by atoms with van der Waals surface area (Å²) in [4.78, 5) is 42.9. The van der Waals surface area contributed by atoms with Crippen molar-refractivity contribution < 1.29 is 19.1 Å². The second-order valence-corrected chi connectivity index (χ2v) is 8.68. The van der Waals surface area contributed by atoms with Crippen LogP contribution < -0.4 is 21.1 Å². The molecule has 11 nitrogen and oxygen atoms in total. The van der Waals surface area contributed by atoms with Gasteiger partial charge in [-0.1, -0.05) is 36.8 Å². The van der Waals surface area contributed by atoms with Crippen molar-refractivity contribution in [2.75, 3.05) is 37.2 Å². The minimum Gasteiger partial charge on any atom is -0.423 e. The van der Waals surface area contributed by atoms with E-state index >= 15 is 0 Å². The molecule has 0 atom stereocenters. The highest BCUT2D eigenvalue weighted by atomic mass is 16.5. The van der Waals surface area contributed by atoms with E-state index in [0.29, 0.717) is 17.0 Å². The summed E-state index contributed by atoms with van der Waals surface area (Å²) in [5.41, 5.74) is 7.10. The van der Waals surface area contributed by atoms with Gasteiger partial charge in [-0.15, -0.1) is 10.2 Å². The number of carbonyl (C=O) groups excluding carboxylic acids is 3. The fourth-order valence-electron chi connectivity index (χ4n) is 3.85. The number of amides is 2. The number of nitrogens with two attached hydrogens (primary N) is 1. The molecular formula is C27H29N7O4. The fourth-order valence-corrected chi connectivity index (χ4v) is 3.85. The summed E-state index contributed by atoms with van der Waals surface area (Å²) in [6.07, 6.45) is 3.36. The number of anilines is 2. The summed E-state index contributed by atoms with van der Waals surface area (Å²) in [5.74, 6) is -0.633. The number of azo groups is 1. The Bertz CT molecular complexity index is 1310. The third-order valence-electron chi connectivity index (χ3n) is 5.77. The molecule has 2 aromatic carbocycles. The van der Waals surface area contributed by atoms with Crippen molar-refractivity contribution in [2.24, 2.45) is 10.2 Å². The number of aromatic nitrogens is 1. The third kappa shape index (κ3) is 7.68. The van der Waals surface area contributed by atoms with Crippen LogP contribution in [0.1, 0.15) is 29.6 Å². The van der Waals surface area contributed by atoms with E-state index in [0.717, 1.165) is 25.9 Å². The average Bonchev–Trinajstić information content (AvgIpc) is 2.93. The van der Waals surface area contributed by atoms with Crippen molar-refractivity contribution in [1.29, 1.82) is 0 Å². The van der Waals surface area contributed by atoms with E-state index in [1.165, 1.54) is 12.5 Å². The van der Waals surface area contributed by atoms with Crippen LogP contribution in [0.25, 0.3) is 0 Å². The molecule has 38 heavy (non-hydrogen) atoms. The Labute approximate surface area is 220 Å². The number of nitrogen functional groups attached to an aromatic ring is 1. The van der Waals surface area contributed by atoms with E-state index in [4.69, 9.17) is 10.5 Å². The summed E-state index contributed by atoms with van der Waals surface area (Å²) in [6.45, 7) is 1.78. The molecule has 196 valence electrons. The first-order valence-electron chi connectivity index (χ1n) is 12.3. The predicted octanol–water partition coefficient (Wildman–Crippen LogP) is 3.84. The molecule has 2 heterocycles. The number of hydrogen-bond donors (Lipinski definition) is 3. The Balaban J connectivity index is 1.32. The predicted molar refractivity (Wildman–Crippen MR) is 143 cm³/mol. The van der Waals surface area contributed by atoms with Gasteiger partial charge in [-0.25, -0.2) is 4.98 Å². The summed E-state index contributed by atoms with van der Waals surface area (Å²) in [7, 11) is 0. The first-order chi connectivity index (χ1) is 18.5. The molecule has 1 aliphatic rings. The Morgan fingerprint density at radius 1 is 0.895 bits per heavy atom. The smallest absolute Gasteiger partial charge is 0.325 e. The van der Waals surface area contributed by atoms with Crippen LogP contribution in [0.3, 0.4) is 0 Å². The van der Waals surface area contributed by atoms with Crippen molar-refractivity contribution in [3.8, 4) is 5.75 Å². The highest BCUT2D eigenvalue weighted by molar-refractivity contribution is 5.99. The van der Waals surface area contributed by atoms with Gasteiger partial charge in [0.05, 0.1) is 13.1 Å². The number of para-hydroxylation sites is 1. The zero-order chi connectivity index (χ0) is 26.7. The Hall–Kier alpha value is -4.64. The SMILES string of the molecule is Nc1nc(NC(=O)CNC(=O)c2ccccc2)ccc1N=Nc1ccccc1OC(=O)CN1CCCCC1. The van der Waals surface area contributed by atoms with Crippen molar-refractivity contribution in [3.63, 3.8) is 0 Å². The molecule has 0 spiro atoms. The van der Waals surface area contributed by atoms with E-state index in [1.807, 2.05) is 0 Å². The highest BCUT2D eigenvalue weighted by Gasteiger charge is 2.16. The second-order valence-electron chi connectivity index (χ2n) is 8.68. The molecule has 0 aliphatic carbocycles. The zero-order valence-electron chi connectivity index (χ0n) is 20.8. The van der Waals surface area contributed by atoms with Gasteiger partial charge >= 0.3 is 5.97 Å². The maximum absolute atomic E-state index is 12.4. The van der Waals surface area contributed by atoms with Crippen molar-refractivity contribution in [1.82, 2.24) is 15.2 Å². The maximum atomic E-state index is 12.4. The van der Waals surface area contributed by atoms with Gasteiger partial charge in [0.25, 0.3) is 5.91 Å². The normalized spacial score (nSPS) is 13.7. The maximum Gasteiger partial charge on any atom is 0.325 e. The number of pyridine rings is 1. The number of hydrogen-bond acceptors (Lipinski definition) is 9. The molecule has 2 amide bonds. The second kappa shape index (κ2) is 13.1. The van der Waals surface area contributed by atoms with Gasteiger partial charge in [0.2, 0.25) is 5.91 Å². The molecule has 1 fully saturated rings. The van der Waals surface area contributed by atoms with Crippen molar-refractivity contribution >= 4 is 40.8 Å². The van der Waals surface area contributed by atoms with Gasteiger partial charge in [-0.3, -0.25) is 19.3 Å². The number of rotatable bonds is 9. The summed E-state index contributed by atoms with van der Waals surface area (Å²) < 4.78 is 5.54. The Kier molecular flexibility index (Phi) is 9.08. The number of carbonyl (C=O) groups is 3. The number of benzene rings is 2. The largest absolute Gasteiger partial charge is 0.423 e. The molecule has 0 saturated carbocycles. The third-order valence-corrected chi connectivity index (χ3v) is 5.77. The number of esters is 1. The van der Waals surface area contributed by atoms with Gasteiger partial charge in [-0.2, -0.15) is 0 Å². The van der Waals surface area contributed by atoms with Crippen LogP contribution in [0.15, 0.2) is 77.0 Å². The molecular weight excluding hydrogens is 486 g/mol. The molecule has 1 aliphatic heterocycles. The zero-order valence-corrected chi connectivity index (χ0v) is 20.8. The topological polar surface area (TPSA) is 151 Å². The van der Waals surface area contributed by atoms with E-state index in [9.17, 15) is 14.4 Å². The van der Waals surface area contributed by atoms with Gasteiger partial charge < -0.3 is 21.1 Å². The summed E-state index contributed by atoms with van der Waals surface area (Å²) in [5, 5.41) is 13.4. The first-order valence-corrected chi connectivity index (χ1v) is 12.3. The Morgan fingerprint density at radius 2 is 1.61 bits per heavy atom. The molecule has 0 unspecified atom stereocenters. The lowest BCUT2D eigenvalue weighted by Gasteiger charge is -2.25. The molecule has 0 bridgehead atoms. The average molecular weight is 516 g/mol. The van der Waals surface area contributed by atoms with Gasteiger partial charge in [0.1, 0.15) is 17.2 Å². The van der Waals surface area contributed by atoms with Crippen molar-refractivity contribution in [3.05, 3.63) is 72.3 Å². The van der Waals surface area contributed by atoms with Crippen LogP contribution in [0.5, 0.6) is 5.75 Å². The van der Waals surface area contributed by atoms with Crippen LogP contribution in [0.2, 0.25) is 0 Å². The lowest BCUT2D eigenvalue weighted by Crippen LogP contribution is -2.36. The highest BCUT2D eigenvalue weighted by Crippen LogP contribution is 2.30. The molecule has 1 saturated heterocycles. The standard InChI is InChI=1S/C27H29N7O4/c28-26-21(13-14-23(31-26)30-24(35)17-29-27(37)19-9-3-1-4-10-19)33-32-20-11-5-6-12-22(20)38-25(36)18-34-15-7-2-8-16-34/h1,3-6,9-14H,2,7-8,15-18H2,(H,29,37)(H3,28,30,31,35). The number of ether oxygens (including phenoxy) is 1. The van der Waals surface area contributed by atoms with Crippen molar-refractivity contribution in [2.45, 2.75) is 19.3 Å². The summed E-state index contributed by atoms with van der Waals surface area (Å²) >= 11 is 0. The Morgan fingerprint density at radius 3 is 2.37 bits per heavy atom. The van der Waals surface area contributed by atoms with Crippen LogP contribution >= 0.6 is 0 Å². The molecule has 4 rings (SSSR count). The fraction of sp³-hybridized carbons (Fsp3) is 0.259. The van der Waals surface area contributed by atoms with Crippen LogP contribution in [0.4, 0.5) is 23.0 Å². The van der Waals surface area contributed by atoms with Gasteiger partial charge in [0, 0.05) is 5.56 Å². The number of nitrogens with one attached hydrogen (secondary N) is 2. The molecule has 4 N–H and O–H groups in total.